The van der Waals surface area contributed by atoms with E-state index in [0.29, 0.717) is 19.3 Å². The molecule has 0 spiro atoms. The molecule has 0 aliphatic heterocycles. The van der Waals surface area contributed by atoms with Gasteiger partial charge in [-0.1, -0.05) is 243 Å². The number of allylic oxidation sites excluding steroid dienone is 8. The number of ether oxygens (including phenoxy) is 1. The van der Waals surface area contributed by atoms with Crippen LogP contribution in [-0.4, -0.2) is 46.9 Å². The van der Waals surface area contributed by atoms with Crippen LogP contribution in [0.5, 0.6) is 0 Å². The van der Waals surface area contributed by atoms with Gasteiger partial charge in [-0.3, -0.25) is 9.59 Å². The zero-order valence-corrected chi connectivity index (χ0v) is 41.3. The molecule has 0 aliphatic rings. The molecule has 0 radical (unpaired) electrons. The van der Waals surface area contributed by atoms with E-state index in [-0.39, 0.29) is 24.9 Å². The van der Waals surface area contributed by atoms with Crippen LogP contribution in [0.25, 0.3) is 0 Å². The quantitative estimate of drug-likeness (QED) is 0.0322. The molecule has 0 saturated carbocycles. The van der Waals surface area contributed by atoms with E-state index in [4.69, 9.17) is 4.74 Å². The molecule has 0 saturated heterocycles. The molecule has 3 unspecified atom stereocenters. The highest BCUT2D eigenvalue weighted by Gasteiger charge is 2.24. The van der Waals surface area contributed by atoms with Gasteiger partial charge in [0.2, 0.25) is 5.91 Å². The molecule has 0 aromatic rings. The average Bonchev–Trinajstić information content (AvgIpc) is 3.26. The fourth-order valence-electron chi connectivity index (χ4n) is 8.07. The van der Waals surface area contributed by atoms with Crippen LogP contribution in [0.3, 0.4) is 0 Å². The maximum absolute atomic E-state index is 13.2. The molecule has 0 aliphatic carbocycles. The van der Waals surface area contributed by atoms with Crippen molar-refractivity contribution in [2.24, 2.45) is 0 Å². The second-order valence-corrected chi connectivity index (χ2v) is 18.3. The summed E-state index contributed by atoms with van der Waals surface area (Å²) >= 11 is 0. The molecule has 362 valence electrons. The van der Waals surface area contributed by atoms with Gasteiger partial charge in [-0.25, -0.2) is 0 Å². The van der Waals surface area contributed by atoms with Crippen molar-refractivity contribution in [3.05, 3.63) is 48.6 Å². The summed E-state index contributed by atoms with van der Waals surface area (Å²) in [7, 11) is 0. The van der Waals surface area contributed by atoms with Gasteiger partial charge in [0, 0.05) is 6.42 Å². The molecule has 6 heteroatoms. The Morgan fingerprint density at radius 1 is 0.468 bits per heavy atom. The van der Waals surface area contributed by atoms with Crippen LogP contribution < -0.4 is 5.32 Å². The van der Waals surface area contributed by atoms with Crippen molar-refractivity contribution in [2.75, 3.05) is 6.61 Å². The summed E-state index contributed by atoms with van der Waals surface area (Å²) in [5, 5.41) is 23.7. The number of amides is 1. The summed E-state index contributed by atoms with van der Waals surface area (Å²) in [5.74, 6) is -0.519. The van der Waals surface area contributed by atoms with Crippen molar-refractivity contribution in [1.29, 1.82) is 0 Å². The largest absolute Gasteiger partial charge is 0.462 e. The minimum atomic E-state index is -0.800. The van der Waals surface area contributed by atoms with E-state index in [1.54, 1.807) is 0 Å². The van der Waals surface area contributed by atoms with Gasteiger partial charge >= 0.3 is 5.97 Å². The van der Waals surface area contributed by atoms with Gasteiger partial charge in [-0.05, 0) is 64.2 Å². The van der Waals surface area contributed by atoms with E-state index < -0.39 is 18.2 Å². The Labute approximate surface area is 385 Å². The Hall–Kier alpha value is -2.18. The molecular formula is C56H103NO5. The zero-order valence-electron chi connectivity index (χ0n) is 41.3. The number of esters is 1. The van der Waals surface area contributed by atoms with E-state index in [9.17, 15) is 19.8 Å². The lowest BCUT2D eigenvalue weighted by Crippen LogP contribution is -2.46. The number of unbranched alkanes of at least 4 members (excludes halogenated alkanes) is 28. The highest BCUT2D eigenvalue weighted by atomic mass is 16.5. The lowest BCUT2D eigenvalue weighted by molar-refractivity contribution is -0.151. The number of aliphatic hydroxyl groups is 2. The summed E-state index contributed by atoms with van der Waals surface area (Å²) in [5.41, 5.74) is 0. The summed E-state index contributed by atoms with van der Waals surface area (Å²) in [4.78, 5) is 26.2. The van der Waals surface area contributed by atoms with Crippen LogP contribution in [0.15, 0.2) is 48.6 Å². The first-order chi connectivity index (χ1) is 30.5. The maximum atomic E-state index is 13.2. The zero-order chi connectivity index (χ0) is 45.2. The van der Waals surface area contributed by atoms with Gasteiger partial charge in [-0.15, -0.1) is 0 Å². The normalized spacial score (nSPS) is 13.6. The van der Waals surface area contributed by atoms with Crippen LogP contribution in [-0.2, 0) is 14.3 Å². The molecular weight excluding hydrogens is 767 g/mol. The average molecular weight is 870 g/mol. The molecule has 0 aromatic heterocycles. The summed E-state index contributed by atoms with van der Waals surface area (Å²) in [6.07, 6.45) is 60.3. The SMILES string of the molecule is CCCCC/C=C\C/C=C\C/C=C\C/C=C\CCCC(CC(=O)NC(CO)C(O)CCCCCCCCCCCC)OC(=O)CCCCCCCCCCCCCCCCCC. The summed E-state index contributed by atoms with van der Waals surface area (Å²) in [6.45, 7) is 6.44. The highest BCUT2D eigenvalue weighted by Crippen LogP contribution is 2.17. The Kier molecular flexibility index (Phi) is 48.1. The van der Waals surface area contributed by atoms with Crippen LogP contribution in [0.1, 0.15) is 271 Å². The first-order valence-electron chi connectivity index (χ1n) is 26.9. The van der Waals surface area contributed by atoms with Crippen LogP contribution in [0, 0.1) is 0 Å². The second kappa shape index (κ2) is 49.8. The number of aliphatic hydroxyl groups excluding tert-OH is 2. The van der Waals surface area contributed by atoms with Crippen LogP contribution in [0.2, 0.25) is 0 Å². The smallest absolute Gasteiger partial charge is 0.306 e. The molecule has 1 amide bonds. The topological polar surface area (TPSA) is 95.9 Å². The minimum absolute atomic E-state index is 0.0425. The number of hydrogen-bond acceptors (Lipinski definition) is 5. The summed E-state index contributed by atoms with van der Waals surface area (Å²) < 4.78 is 5.92. The highest BCUT2D eigenvalue weighted by molar-refractivity contribution is 5.77. The first-order valence-corrected chi connectivity index (χ1v) is 26.9. The van der Waals surface area contributed by atoms with E-state index >= 15 is 0 Å². The van der Waals surface area contributed by atoms with Crippen molar-refractivity contribution in [2.45, 2.75) is 289 Å². The van der Waals surface area contributed by atoms with Crippen molar-refractivity contribution >= 4 is 11.9 Å². The standard InChI is InChI=1S/C56H103NO5/c1-4-7-10-13-16-19-22-24-26-28-29-31-33-35-38-41-44-47-52(50-55(60)57-53(51-58)54(59)48-45-42-39-36-21-18-15-12-9-6-3)62-56(61)49-46-43-40-37-34-32-30-27-25-23-20-17-14-11-8-5-2/h16,19,24,26,29,31,35,38,52-54,58-59H,4-15,17-18,20-23,25,27-28,30,32-34,36-37,39-51H2,1-3H3,(H,57,60)/b19-16-,26-24-,31-29-,38-35-. The molecule has 3 atom stereocenters. The van der Waals surface area contributed by atoms with Crippen LogP contribution in [0.4, 0.5) is 0 Å². The molecule has 3 N–H and O–H groups in total. The first kappa shape index (κ1) is 59.8. The molecule has 0 bridgehead atoms. The van der Waals surface area contributed by atoms with E-state index in [1.165, 1.54) is 154 Å². The van der Waals surface area contributed by atoms with Gasteiger partial charge in [0.05, 0.1) is 25.2 Å². The lowest BCUT2D eigenvalue weighted by atomic mass is 10.0. The fourth-order valence-corrected chi connectivity index (χ4v) is 8.07. The van der Waals surface area contributed by atoms with E-state index in [1.807, 2.05) is 0 Å². The van der Waals surface area contributed by atoms with Gasteiger partial charge < -0.3 is 20.3 Å². The third-order valence-electron chi connectivity index (χ3n) is 12.2. The Morgan fingerprint density at radius 3 is 1.27 bits per heavy atom. The lowest BCUT2D eigenvalue weighted by Gasteiger charge is -2.24. The predicted octanol–water partition coefficient (Wildman–Crippen LogP) is 16.2. The number of carbonyl (C=O) groups excluding carboxylic acids is 2. The molecule has 6 nitrogen and oxygen atoms in total. The van der Waals surface area contributed by atoms with Crippen molar-refractivity contribution in [1.82, 2.24) is 5.32 Å². The fraction of sp³-hybridized carbons (Fsp3) is 0.821. The van der Waals surface area contributed by atoms with Crippen LogP contribution >= 0.6 is 0 Å². The third kappa shape index (κ3) is 44.4. The summed E-state index contributed by atoms with van der Waals surface area (Å²) in [6, 6.07) is -0.717. The maximum Gasteiger partial charge on any atom is 0.306 e. The van der Waals surface area contributed by atoms with E-state index in [2.05, 4.69) is 74.7 Å². The number of nitrogens with one attached hydrogen (secondary N) is 1. The number of carbonyl (C=O) groups is 2. The molecule has 0 aromatic carbocycles. The van der Waals surface area contributed by atoms with Crippen molar-refractivity contribution in [3.8, 4) is 0 Å². The van der Waals surface area contributed by atoms with Gasteiger partial charge in [0.15, 0.2) is 0 Å². The van der Waals surface area contributed by atoms with Crippen molar-refractivity contribution in [3.63, 3.8) is 0 Å². The molecule has 0 rings (SSSR count). The minimum Gasteiger partial charge on any atom is -0.462 e. The van der Waals surface area contributed by atoms with Gasteiger partial charge in [0.25, 0.3) is 0 Å². The Bertz CT molecular complexity index is 1070. The molecule has 62 heavy (non-hydrogen) atoms. The molecule has 0 heterocycles. The molecule has 0 fully saturated rings. The third-order valence-corrected chi connectivity index (χ3v) is 12.2. The monoisotopic (exact) mass is 870 g/mol. The van der Waals surface area contributed by atoms with Crippen molar-refractivity contribution < 1.29 is 24.5 Å². The number of rotatable bonds is 48. The predicted molar refractivity (Wildman–Crippen MR) is 269 cm³/mol. The Morgan fingerprint density at radius 2 is 0.839 bits per heavy atom. The van der Waals surface area contributed by atoms with Gasteiger partial charge in [0.1, 0.15) is 6.10 Å². The number of hydrogen-bond donors (Lipinski definition) is 3. The van der Waals surface area contributed by atoms with Gasteiger partial charge in [-0.2, -0.15) is 0 Å². The van der Waals surface area contributed by atoms with E-state index in [0.717, 1.165) is 70.6 Å². The Balaban J connectivity index is 4.65. The second-order valence-electron chi connectivity index (χ2n) is 18.3.